The Morgan fingerprint density at radius 1 is 1.45 bits per heavy atom. The number of nitrogens with one attached hydrogen (secondary N) is 1. The lowest BCUT2D eigenvalue weighted by molar-refractivity contribution is 0.131. The van der Waals surface area contributed by atoms with Crippen molar-refractivity contribution >= 4 is 0 Å². The number of rotatable bonds is 4. The molecule has 11 heavy (non-hydrogen) atoms. The van der Waals surface area contributed by atoms with E-state index in [9.17, 15) is 0 Å². The van der Waals surface area contributed by atoms with Gasteiger partial charge in [0.15, 0.2) is 0 Å². The molecule has 0 fully saturated rings. The summed E-state index contributed by atoms with van der Waals surface area (Å²) in [5.41, 5.74) is 5.27. The Bertz CT molecular complexity index is 154. The molecular formula is C8H14N2O. The average Bonchev–Trinajstić information content (AvgIpc) is 2.07. The quantitative estimate of drug-likeness (QED) is 0.560. The van der Waals surface area contributed by atoms with E-state index in [0.717, 1.165) is 0 Å². The number of dihydropyridines is 1. The van der Waals surface area contributed by atoms with E-state index in [1.165, 1.54) is 0 Å². The summed E-state index contributed by atoms with van der Waals surface area (Å²) in [7, 11) is 0. The van der Waals surface area contributed by atoms with Gasteiger partial charge in [-0.05, 0) is 12.3 Å². The lowest BCUT2D eigenvalue weighted by Gasteiger charge is -2.15. The van der Waals surface area contributed by atoms with Crippen molar-refractivity contribution in [3.8, 4) is 0 Å². The summed E-state index contributed by atoms with van der Waals surface area (Å²) in [5, 5.41) is 3.14. The topological polar surface area (TPSA) is 47.3 Å². The van der Waals surface area contributed by atoms with Gasteiger partial charge in [-0.3, -0.25) is 0 Å². The molecule has 0 aromatic heterocycles. The van der Waals surface area contributed by atoms with E-state index >= 15 is 0 Å². The van der Waals surface area contributed by atoms with Crippen LogP contribution in [0.2, 0.25) is 0 Å². The molecule has 0 aliphatic carbocycles. The third-order valence-electron chi connectivity index (χ3n) is 1.42. The molecule has 0 aromatic carbocycles. The molecule has 3 nitrogen and oxygen atoms in total. The molecule has 3 heteroatoms. The Morgan fingerprint density at radius 3 is 3.00 bits per heavy atom. The first kappa shape index (κ1) is 8.30. The van der Waals surface area contributed by atoms with E-state index in [0.29, 0.717) is 25.8 Å². The summed E-state index contributed by atoms with van der Waals surface area (Å²) in [6.07, 6.45) is 7.94. The molecule has 0 bridgehead atoms. The van der Waals surface area contributed by atoms with E-state index in [4.69, 9.17) is 10.5 Å². The SMILES string of the molecule is NCCOCC1C=CC=CN1. The minimum atomic E-state index is 0.312. The first-order chi connectivity index (χ1) is 5.43. The average molecular weight is 154 g/mol. The van der Waals surface area contributed by atoms with Gasteiger partial charge in [0.1, 0.15) is 0 Å². The van der Waals surface area contributed by atoms with E-state index in [2.05, 4.69) is 11.4 Å². The van der Waals surface area contributed by atoms with Gasteiger partial charge in [0.05, 0.1) is 19.3 Å². The molecule has 1 heterocycles. The van der Waals surface area contributed by atoms with Gasteiger partial charge in [-0.25, -0.2) is 0 Å². The molecule has 3 N–H and O–H groups in total. The van der Waals surface area contributed by atoms with Crippen LogP contribution in [0.15, 0.2) is 24.4 Å². The number of hydrogen-bond donors (Lipinski definition) is 2. The maximum atomic E-state index is 5.27. The van der Waals surface area contributed by atoms with Crippen molar-refractivity contribution < 1.29 is 4.74 Å². The molecule has 0 radical (unpaired) electrons. The zero-order valence-electron chi connectivity index (χ0n) is 6.49. The summed E-state index contributed by atoms with van der Waals surface area (Å²) in [4.78, 5) is 0. The third-order valence-corrected chi connectivity index (χ3v) is 1.42. The van der Waals surface area contributed by atoms with Gasteiger partial charge in [-0.15, -0.1) is 0 Å². The Morgan fingerprint density at radius 2 is 2.36 bits per heavy atom. The monoisotopic (exact) mass is 154 g/mol. The third kappa shape index (κ3) is 3.20. The van der Waals surface area contributed by atoms with Crippen LogP contribution in [0.1, 0.15) is 0 Å². The van der Waals surface area contributed by atoms with Crippen molar-refractivity contribution in [2.24, 2.45) is 5.73 Å². The molecule has 1 aliphatic rings. The molecule has 0 amide bonds. The minimum absolute atomic E-state index is 0.312. The van der Waals surface area contributed by atoms with Gasteiger partial charge < -0.3 is 15.8 Å². The first-order valence-corrected chi connectivity index (χ1v) is 3.80. The zero-order valence-corrected chi connectivity index (χ0v) is 6.49. The molecular weight excluding hydrogens is 140 g/mol. The highest BCUT2D eigenvalue weighted by atomic mass is 16.5. The Labute approximate surface area is 66.9 Å². The molecule has 0 spiro atoms. The van der Waals surface area contributed by atoms with Crippen LogP contribution >= 0.6 is 0 Å². The Balaban J connectivity index is 2.07. The van der Waals surface area contributed by atoms with Crippen LogP contribution < -0.4 is 11.1 Å². The van der Waals surface area contributed by atoms with Crippen LogP contribution in [0.3, 0.4) is 0 Å². The highest BCUT2D eigenvalue weighted by molar-refractivity contribution is 5.11. The fourth-order valence-electron chi connectivity index (χ4n) is 0.886. The second-order valence-electron chi connectivity index (χ2n) is 2.38. The number of ether oxygens (including phenoxy) is 1. The van der Waals surface area contributed by atoms with Gasteiger partial charge >= 0.3 is 0 Å². The molecule has 62 valence electrons. The number of nitrogens with two attached hydrogens (primary N) is 1. The van der Waals surface area contributed by atoms with Gasteiger partial charge in [0.2, 0.25) is 0 Å². The van der Waals surface area contributed by atoms with Crippen molar-refractivity contribution in [2.45, 2.75) is 6.04 Å². The predicted molar refractivity (Wildman–Crippen MR) is 45.1 cm³/mol. The maximum Gasteiger partial charge on any atom is 0.0704 e. The largest absolute Gasteiger partial charge is 0.382 e. The van der Waals surface area contributed by atoms with Gasteiger partial charge in [-0.1, -0.05) is 12.2 Å². The lowest BCUT2D eigenvalue weighted by Crippen LogP contribution is -2.29. The fraction of sp³-hybridized carbons (Fsp3) is 0.500. The van der Waals surface area contributed by atoms with Crippen molar-refractivity contribution in [3.05, 3.63) is 24.4 Å². The first-order valence-electron chi connectivity index (χ1n) is 3.80. The molecule has 0 aromatic rings. The summed E-state index contributed by atoms with van der Waals surface area (Å²) in [6.45, 7) is 1.92. The van der Waals surface area contributed by atoms with E-state index in [-0.39, 0.29) is 0 Å². The summed E-state index contributed by atoms with van der Waals surface area (Å²) in [6, 6.07) is 0.312. The molecule has 1 rings (SSSR count). The summed E-state index contributed by atoms with van der Waals surface area (Å²) >= 11 is 0. The normalized spacial score (nSPS) is 21.7. The van der Waals surface area contributed by atoms with Gasteiger partial charge in [-0.2, -0.15) is 0 Å². The smallest absolute Gasteiger partial charge is 0.0704 e. The van der Waals surface area contributed by atoms with Crippen LogP contribution in [0.5, 0.6) is 0 Å². The molecule has 1 aliphatic heterocycles. The number of allylic oxidation sites excluding steroid dienone is 2. The predicted octanol–water partition coefficient (Wildman–Crippen LogP) is 0.00340. The van der Waals surface area contributed by atoms with Crippen LogP contribution in [0.4, 0.5) is 0 Å². The Hall–Kier alpha value is -0.800. The van der Waals surface area contributed by atoms with E-state index in [1.54, 1.807) is 0 Å². The molecule has 1 atom stereocenters. The maximum absolute atomic E-state index is 5.27. The van der Waals surface area contributed by atoms with Crippen LogP contribution in [0.25, 0.3) is 0 Å². The summed E-state index contributed by atoms with van der Waals surface area (Å²) in [5.74, 6) is 0. The summed E-state index contributed by atoms with van der Waals surface area (Å²) < 4.78 is 5.25. The van der Waals surface area contributed by atoms with Crippen LogP contribution in [0, 0.1) is 0 Å². The van der Waals surface area contributed by atoms with Crippen molar-refractivity contribution in [1.82, 2.24) is 5.32 Å². The molecule has 1 unspecified atom stereocenters. The highest BCUT2D eigenvalue weighted by Gasteiger charge is 2.02. The van der Waals surface area contributed by atoms with E-state index in [1.807, 2.05) is 18.4 Å². The number of hydrogen-bond acceptors (Lipinski definition) is 3. The standard InChI is InChI=1S/C8H14N2O/c9-4-6-11-7-8-3-1-2-5-10-8/h1-3,5,8,10H,4,6-7,9H2. The van der Waals surface area contributed by atoms with Crippen molar-refractivity contribution in [3.63, 3.8) is 0 Å². The van der Waals surface area contributed by atoms with Crippen LogP contribution in [-0.2, 0) is 4.74 Å². The van der Waals surface area contributed by atoms with Crippen molar-refractivity contribution in [2.75, 3.05) is 19.8 Å². The molecule has 0 saturated carbocycles. The van der Waals surface area contributed by atoms with Crippen molar-refractivity contribution in [1.29, 1.82) is 0 Å². The van der Waals surface area contributed by atoms with E-state index < -0.39 is 0 Å². The fourth-order valence-corrected chi connectivity index (χ4v) is 0.886. The minimum Gasteiger partial charge on any atom is -0.382 e. The van der Waals surface area contributed by atoms with Gasteiger partial charge in [0.25, 0.3) is 0 Å². The van der Waals surface area contributed by atoms with Crippen LogP contribution in [-0.4, -0.2) is 25.8 Å². The lowest BCUT2D eigenvalue weighted by atomic mass is 10.2. The highest BCUT2D eigenvalue weighted by Crippen LogP contribution is 1.94. The second kappa shape index (κ2) is 4.93. The van der Waals surface area contributed by atoms with Gasteiger partial charge in [0, 0.05) is 6.54 Å². The second-order valence-corrected chi connectivity index (χ2v) is 2.38. The zero-order chi connectivity index (χ0) is 7.94. The Kier molecular flexibility index (Phi) is 3.72. The molecule has 0 saturated heterocycles.